The molecule has 0 bridgehead atoms. The van der Waals surface area contributed by atoms with E-state index in [1.807, 2.05) is 0 Å². The summed E-state index contributed by atoms with van der Waals surface area (Å²) in [6.45, 7) is 5.84. The zero-order valence-corrected chi connectivity index (χ0v) is 14.8. The molecule has 2 unspecified atom stereocenters. The smallest absolute Gasteiger partial charge is 0.410 e. The van der Waals surface area contributed by atoms with Gasteiger partial charge < -0.3 is 10.1 Å². The lowest BCUT2D eigenvalue weighted by molar-refractivity contribution is -0.128. The lowest BCUT2D eigenvalue weighted by Crippen LogP contribution is -2.54. The minimum absolute atomic E-state index is 0.0160. The highest BCUT2D eigenvalue weighted by atomic mass is 32.2. The number of sulfone groups is 1. The number of ether oxygens (including phenoxy) is 1. The molecule has 1 N–H and O–H groups in total. The molecule has 0 aromatic carbocycles. The molecule has 2 heterocycles. The zero-order valence-electron chi connectivity index (χ0n) is 14.0. The van der Waals surface area contributed by atoms with Crippen LogP contribution < -0.4 is 5.32 Å². The number of amides is 2. The zero-order chi connectivity index (χ0) is 17.3. The van der Waals surface area contributed by atoms with Gasteiger partial charge in [-0.1, -0.05) is 0 Å². The Labute approximate surface area is 137 Å². The van der Waals surface area contributed by atoms with Crippen molar-refractivity contribution in [1.29, 1.82) is 0 Å². The molecule has 0 aliphatic carbocycles. The van der Waals surface area contributed by atoms with Gasteiger partial charge in [0.1, 0.15) is 11.6 Å². The third-order valence-corrected chi connectivity index (χ3v) is 5.78. The fraction of sp³-hybridized carbons (Fsp3) is 0.867. The van der Waals surface area contributed by atoms with E-state index < -0.39 is 27.6 Å². The maximum Gasteiger partial charge on any atom is 0.410 e. The average molecular weight is 346 g/mol. The summed E-state index contributed by atoms with van der Waals surface area (Å²) < 4.78 is 28.4. The van der Waals surface area contributed by atoms with Gasteiger partial charge in [0.25, 0.3) is 0 Å². The van der Waals surface area contributed by atoms with Crippen LogP contribution in [-0.4, -0.2) is 61.1 Å². The second-order valence-electron chi connectivity index (χ2n) is 7.29. The molecule has 7 nitrogen and oxygen atoms in total. The minimum Gasteiger partial charge on any atom is -0.444 e. The van der Waals surface area contributed by atoms with Gasteiger partial charge in [-0.3, -0.25) is 9.69 Å². The Morgan fingerprint density at radius 3 is 2.43 bits per heavy atom. The van der Waals surface area contributed by atoms with Gasteiger partial charge in [-0.2, -0.15) is 0 Å². The predicted molar refractivity (Wildman–Crippen MR) is 85.8 cm³/mol. The van der Waals surface area contributed by atoms with Crippen LogP contribution in [0, 0.1) is 0 Å². The highest BCUT2D eigenvalue weighted by molar-refractivity contribution is 7.91. The molecular weight excluding hydrogens is 320 g/mol. The summed E-state index contributed by atoms with van der Waals surface area (Å²) in [7, 11) is -3.05. The molecule has 132 valence electrons. The quantitative estimate of drug-likeness (QED) is 0.807. The number of nitrogens with zero attached hydrogens (tertiary/aromatic N) is 1. The standard InChI is InChI=1S/C15H26N2O5S/c1-15(2,3)22-14(19)17-8-5-4-6-12(17)13(18)16-11-7-9-23(20,21)10-11/h11-12H,4-10H2,1-3H3,(H,16,18). The molecule has 8 heteroatoms. The van der Waals surface area contributed by atoms with Crippen LogP contribution in [0.5, 0.6) is 0 Å². The number of nitrogens with one attached hydrogen (secondary N) is 1. The van der Waals surface area contributed by atoms with Gasteiger partial charge in [-0.05, 0) is 46.5 Å². The summed E-state index contributed by atoms with van der Waals surface area (Å²) in [6, 6.07) is -0.934. The molecule has 2 aliphatic heterocycles. The molecule has 23 heavy (non-hydrogen) atoms. The Bertz CT molecular complexity index is 567. The first-order valence-electron chi connectivity index (χ1n) is 8.08. The molecule has 0 saturated carbocycles. The van der Waals surface area contributed by atoms with E-state index in [-0.39, 0.29) is 23.5 Å². The normalized spacial score (nSPS) is 27.5. The van der Waals surface area contributed by atoms with Crippen molar-refractivity contribution >= 4 is 21.8 Å². The number of piperidine rings is 1. The average Bonchev–Trinajstić information content (AvgIpc) is 2.76. The van der Waals surface area contributed by atoms with Gasteiger partial charge >= 0.3 is 6.09 Å². The molecular formula is C15H26N2O5S. The van der Waals surface area contributed by atoms with E-state index in [1.165, 1.54) is 4.90 Å². The predicted octanol–water partition coefficient (Wildman–Crippen LogP) is 1.08. The maximum atomic E-state index is 12.5. The van der Waals surface area contributed by atoms with Crippen molar-refractivity contribution in [1.82, 2.24) is 10.2 Å². The molecule has 2 atom stereocenters. The summed E-state index contributed by atoms with van der Waals surface area (Å²) in [4.78, 5) is 26.3. The van der Waals surface area contributed by atoms with E-state index in [1.54, 1.807) is 20.8 Å². The lowest BCUT2D eigenvalue weighted by atomic mass is 10.0. The highest BCUT2D eigenvalue weighted by Gasteiger charge is 2.37. The van der Waals surface area contributed by atoms with Crippen LogP contribution >= 0.6 is 0 Å². The Balaban J connectivity index is 2.00. The second-order valence-corrected chi connectivity index (χ2v) is 9.52. The molecule has 0 aromatic heterocycles. The highest BCUT2D eigenvalue weighted by Crippen LogP contribution is 2.21. The number of likely N-dealkylation sites (tertiary alicyclic amines) is 1. The molecule has 0 aromatic rings. The first-order chi connectivity index (χ1) is 10.6. The Morgan fingerprint density at radius 2 is 1.87 bits per heavy atom. The van der Waals surface area contributed by atoms with Crippen molar-refractivity contribution in [2.24, 2.45) is 0 Å². The Hall–Kier alpha value is -1.31. The van der Waals surface area contributed by atoms with Crippen LogP contribution in [0.2, 0.25) is 0 Å². The number of carbonyl (C=O) groups excluding carboxylic acids is 2. The fourth-order valence-corrected chi connectivity index (χ4v) is 4.62. The van der Waals surface area contributed by atoms with Crippen LogP contribution in [0.15, 0.2) is 0 Å². The van der Waals surface area contributed by atoms with E-state index in [0.717, 1.165) is 12.8 Å². The SMILES string of the molecule is CC(C)(C)OC(=O)N1CCCCC1C(=O)NC1CCS(=O)(=O)C1. The number of hydrogen-bond donors (Lipinski definition) is 1. The summed E-state index contributed by atoms with van der Waals surface area (Å²) in [5.41, 5.74) is -0.616. The topological polar surface area (TPSA) is 92.8 Å². The summed E-state index contributed by atoms with van der Waals surface area (Å²) in [6.07, 6.45) is 2.22. The van der Waals surface area contributed by atoms with Crippen molar-refractivity contribution in [3.8, 4) is 0 Å². The number of rotatable bonds is 2. The minimum atomic E-state index is -3.05. The monoisotopic (exact) mass is 346 g/mol. The van der Waals surface area contributed by atoms with E-state index in [9.17, 15) is 18.0 Å². The third kappa shape index (κ3) is 5.09. The van der Waals surface area contributed by atoms with Crippen LogP contribution in [0.25, 0.3) is 0 Å². The van der Waals surface area contributed by atoms with Crippen LogP contribution in [0.4, 0.5) is 4.79 Å². The van der Waals surface area contributed by atoms with Gasteiger partial charge in [0.05, 0.1) is 11.5 Å². The summed E-state index contributed by atoms with van der Waals surface area (Å²) >= 11 is 0. The van der Waals surface area contributed by atoms with Crippen molar-refractivity contribution in [3.63, 3.8) is 0 Å². The van der Waals surface area contributed by atoms with Crippen molar-refractivity contribution in [3.05, 3.63) is 0 Å². The Morgan fingerprint density at radius 1 is 1.17 bits per heavy atom. The Kier molecular flexibility index (Phi) is 5.23. The van der Waals surface area contributed by atoms with Crippen LogP contribution in [-0.2, 0) is 19.4 Å². The fourth-order valence-electron chi connectivity index (χ4n) is 2.95. The van der Waals surface area contributed by atoms with Crippen molar-refractivity contribution in [2.45, 2.75) is 64.1 Å². The first-order valence-corrected chi connectivity index (χ1v) is 9.90. The van der Waals surface area contributed by atoms with Crippen molar-refractivity contribution < 1.29 is 22.7 Å². The molecule has 2 saturated heterocycles. The maximum absolute atomic E-state index is 12.5. The second kappa shape index (κ2) is 6.67. The number of hydrogen-bond acceptors (Lipinski definition) is 5. The van der Waals surface area contributed by atoms with Gasteiger partial charge in [-0.15, -0.1) is 0 Å². The summed E-state index contributed by atoms with van der Waals surface area (Å²) in [5.74, 6) is -0.186. The molecule has 2 rings (SSSR count). The van der Waals surface area contributed by atoms with Gasteiger partial charge in [0, 0.05) is 12.6 Å². The van der Waals surface area contributed by atoms with E-state index in [0.29, 0.717) is 19.4 Å². The lowest BCUT2D eigenvalue weighted by Gasteiger charge is -2.36. The van der Waals surface area contributed by atoms with E-state index >= 15 is 0 Å². The molecule has 0 spiro atoms. The van der Waals surface area contributed by atoms with Gasteiger partial charge in [0.15, 0.2) is 9.84 Å². The van der Waals surface area contributed by atoms with E-state index in [2.05, 4.69) is 5.32 Å². The first kappa shape index (κ1) is 18.0. The van der Waals surface area contributed by atoms with Gasteiger partial charge in [0.2, 0.25) is 5.91 Å². The molecule has 2 amide bonds. The molecule has 0 radical (unpaired) electrons. The molecule has 2 fully saturated rings. The molecule has 2 aliphatic rings. The summed E-state index contributed by atoms with van der Waals surface area (Å²) in [5, 5.41) is 2.78. The van der Waals surface area contributed by atoms with Crippen molar-refractivity contribution in [2.75, 3.05) is 18.1 Å². The largest absolute Gasteiger partial charge is 0.444 e. The van der Waals surface area contributed by atoms with Gasteiger partial charge in [-0.25, -0.2) is 13.2 Å². The third-order valence-electron chi connectivity index (χ3n) is 4.01. The number of carbonyl (C=O) groups is 2. The van der Waals surface area contributed by atoms with E-state index in [4.69, 9.17) is 4.74 Å². The van der Waals surface area contributed by atoms with Crippen LogP contribution in [0.3, 0.4) is 0 Å². The van der Waals surface area contributed by atoms with Crippen LogP contribution in [0.1, 0.15) is 46.5 Å².